The van der Waals surface area contributed by atoms with E-state index in [9.17, 15) is 4.39 Å². The number of aromatic nitrogens is 3. The van der Waals surface area contributed by atoms with Crippen LogP contribution in [0.4, 0.5) is 4.39 Å². The van der Waals surface area contributed by atoms with Crippen LogP contribution in [0.15, 0.2) is 18.2 Å². The van der Waals surface area contributed by atoms with Crippen molar-refractivity contribution >= 4 is 11.6 Å². The van der Waals surface area contributed by atoms with Gasteiger partial charge in [-0.05, 0) is 37.6 Å². The van der Waals surface area contributed by atoms with E-state index in [4.69, 9.17) is 11.6 Å². The zero-order valence-electron chi connectivity index (χ0n) is 9.04. The molecule has 0 amide bonds. The largest absolute Gasteiger partial charge is 0.218 e. The highest BCUT2D eigenvalue weighted by Gasteiger charge is 2.10. The van der Waals surface area contributed by atoms with Gasteiger partial charge in [-0.15, -0.1) is 11.6 Å². The molecule has 3 nitrogen and oxygen atoms in total. The van der Waals surface area contributed by atoms with Crippen molar-refractivity contribution in [3.05, 3.63) is 41.2 Å². The molecule has 5 heteroatoms. The molecule has 0 fully saturated rings. The van der Waals surface area contributed by atoms with Gasteiger partial charge in [0.25, 0.3) is 0 Å². The van der Waals surface area contributed by atoms with Crippen LogP contribution in [0.25, 0.3) is 5.69 Å². The Kier molecular flexibility index (Phi) is 2.92. The van der Waals surface area contributed by atoms with E-state index in [0.29, 0.717) is 11.4 Å². The number of nitrogens with zero attached hydrogens (tertiary/aromatic N) is 3. The third-order valence-corrected chi connectivity index (χ3v) is 2.58. The van der Waals surface area contributed by atoms with Crippen molar-refractivity contribution in [3.63, 3.8) is 0 Å². The van der Waals surface area contributed by atoms with Gasteiger partial charge in [-0.2, -0.15) is 5.10 Å². The predicted octanol–water partition coefficient (Wildman–Crippen LogP) is 2.76. The second-order valence-corrected chi connectivity index (χ2v) is 3.79. The number of rotatable bonds is 2. The quantitative estimate of drug-likeness (QED) is 0.755. The van der Waals surface area contributed by atoms with Gasteiger partial charge in [0.05, 0.1) is 5.69 Å². The van der Waals surface area contributed by atoms with E-state index < -0.39 is 0 Å². The van der Waals surface area contributed by atoms with Gasteiger partial charge in [0.15, 0.2) is 0 Å². The Balaban J connectivity index is 2.59. The molecule has 0 aliphatic heterocycles. The normalized spacial score (nSPS) is 10.8. The fraction of sp³-hybridized carbons (Fsp3) is 0.273. The molecule has 84 valence electrons. The second kappa shape index (κ2) is 4.22. The van der Waals surface area contributed by atoms with E-state index in [1.807, 2.05) is 13.8 Å². The Hall–Kier alpha value is -1.42. The molecule has 0 aliphatic rings. The molecular formula is C11H11ClFN3. The first-order valence-corrected chi connectivity index (χ1v) is 5.40. The van der Waals surface area contributed by atoms with Gasteiger partial charge in [0, 0.05) is 5.88 Å². The van der Waals surface area contributed by atoms with Crippen LogP contribution < -0.4 is 0 Å². The maximum atomic E-state index is 13.1. The second-order valence-electron chi connectivity index (χ2n) is 3.52. The van der Waals surface area contributed by atoms with Crippen molar-refractivity contribution in [2.45, 2.75) is 19.7 Å². The van der Waals surface area contributed by atoms with Crippen molar-refractivity contribution in [3.8, 4) is 5.69 Å². The van der Waals surface area contributed by atoms with Gasteiger partial charge in [0.1, 0.15) is 17.5 Å². The number of benzene rings is 1. The standard InChI is InChI=1S/C11H11ClFN3/c1-7-14-8(2)16(15-7)11-4-3-10(13)5-9(11)6-12/h3-5H,6H2,1-2H3. The van der Waals surface area contributed by atoms with Crippen molar-refractivity contribution in [2.75, 3.05) is 0 Å². The summed E-state index contributed by atoms with van der Waals surface area (Å²) in [4.78, 5) is 4.20. The number of alkyl halides is 1. The van der Waals surface area contributed by atoms with E-state index in [1.54, 1.807) is 10.7 Å². The molecule has 2 rings (SSSR count). The monoisotopic (exact) mass is 239 g/mol. The fourth-order valence-electron chi connectivity index (χ4n) is 1.62. The predicted molar refractivity (Wildman–Crippen MR) is 60.3 cm³/mol. The highest BCUT2D eigenvalue weighted by Crippen LogP contribution is 2.18. The summed E-state index contributed by atoms with van der Waals surface area (Å²) in [7, 11) is 0. The average Bonchev–Trinajstić information content (AvgIpc) is 2.57. The maximum Gasteiger partial charge on any atom is 0.148 e. The Morgan fingerprint density at radius 3 is 2.69 bits per heavy atom. The van der Waals surface area contributed by atoms with Crippen LogP contribution in [0.5, 0.6) is 0 Å². The van der Waals surface area contributed by atoms with Gasteiger partial charge in [0.2, 0.25) is 0 Å². The molecule has 1 aromatic carbocycles. The average molecular weight is 240 g/mol. The molecule has 0 saturated carbocycles. The smallest absolute Gasteiger partial charge is 0.148 e. The topological polar surface area (TPSA) is 30.7 Å². The summed E-state index contributed by atoms with van der Waals surface area (Å²) in [6.45, 7) is 3.66. The number of hydrogen-bond donors (Lipinski definition) is 0. The van der Waals surface area contributed by atoms with E-state index in [0.717, 1.165) is 11.5 Å². The fourth-order valence-corrected chi connectivity index (χ4v) is 1.83. The van der Waals surface area contributed by atoms with Gasteiger partial charge < -0.3 is 0 Å². The van der Waals surface area contributed by atoms with E-state index in [-0.39, 0.29) is 11.7 Å². The summed E-state index contributed by atoms with van der Waals surface area (Å²) in [5, 5.41) is 4.24. The minimum absolute atomic E-state index is 0.242. The summed E-state index contributed by atoms with van der Waals surface area (Å²) in [6.07, 6.45) is 0. The van der Waals surface area contributed by atoms with Crippen LogP contribution in [0, 0.1) is 19.7 Å². The molecule has 0 N–H and O–H groups in total. The summed E-state index contributed by atoms with van der Waals surface area (Å²) >= 11 is 5.78. The molecule has 0 aliphatic carbocycles. The summed E-state index contributed by atoms with van der Waals surface area (Å²) in [5.74, 6) is 1.39. The molecule has 0 spiro atoms. The minimum Gasteiger partial charge on any atom is -0.218 e. The molecule has 0 radical (unpaired) electrons. The first kappa shape index (κ1) is 11.1. The number of halogens is 2. The van der Waals surface area contributed by atoms with Crippen LogP contribution >= 0.6 is 11.6 Å². The van der Waals surface area contributed by atoms with Crippen LogP contribution in [0.1, 0.15) is 17.2 Å². The SMILES string of the molecule is Cc1nc(C)n(-c2ccc(F)cc2CCl)n1. The maximum absolute atomic E-state index is 13.1. The third-order valence-electron chi connectivity index (χ3n) is 2.29. The Morgan fingerprint density at radius 1 is 1.38 bits per heavy atom. The Labute approximate surface area is 97.9 Å². The van der Waals surface area contributed by atoms with Crippen molar-refractivity contribution < 1.29 is 4.39 Å². The highest BCUT2D eigenvalue weighted by atomic mass is 35.5. The van der Waals surface area contributed by atoms with E-state index in [1.165, 1.54) is 12.1 Å². The molecule has 1 heterocycles. The highest BCUT2D eigenvalue weighted by molar-refractivity contribution is 6.17. The van der Waals surface area contributed by atoms with Crippen LogP contribution in [-0.2, 0) is 5.88 Å². The van der Waals surface area contributed by atoms with E-state index in [2.05, 4.69) is 10.1 Å². The minimum atomic E-state index is -0.297. The van der Waals surface area contributed by atoms with Crippen molar-refractivity contribution in [1.29, 1.82) is 0 Å². The molecule has 0 unspecified atom stereocenters. The lowest BCUT2D eigenvalue weighted by Crippen LogP contribution is -2.03. The van der Waals surface area contributed by atoms with Crippen LogP contribution in [0.3, 0.4) is 0 Å². The number of aryl methyl sites for hydroxylation is 2. The van der Waals surface area contributed by atoms with Crippen LogP contribution in [-0.4, -0.2) is 14.8 Å². The molecule has 0 bridgehead atoms. The Bertz CT molecular complexity index is 522. The lowest BCUT2D eigenvalue weighted by Gasteiger charge is -2.08. The molecular weight excluding hydrogens is 229 g/mol. The third kappa shape index (κ3) is 1.93. The first-order valence-electron chi connectivity index (χ1n) is 4.87. The van der Waals surface area contributed by atoms with Crippen molar-refractivity contribution in [2.24, 2.45) is 0 Å². The van der Waals surface area contributed by atoms with Gasteiger partial charge in [-0.3, -0.25) is 0 Å². The van der Waals surface area contributed by atoms with Gasteiger partial charge in [-0.25, -0.2) is 14.1 Å². The van der Waals surface area contributed by atoms with Crippen LogP contribution in [0.2, 0.25) is 0 Å². The zero-order valence-corrected chi connectivity index (χ0v) is 9.79. The summed E-state index contributed by atoms with van der Waals surface area (Å²) in [5.41, 5.74) is 1.48. The van der Waals surface area contributed by atoms with Gasteiger partial charge in [-0.1, -0.05) is 0 Å². The molecule has 16 heavy (non-hydrogen) atoms. The molecule has 0 atom stereocenters. The zero-order chi connectivity index (χ0) is 11.7. The van der Waals surface area contributed by atoms with Crippen molar-refractivity contribution in [1.82, 2.24) is 14.8 Å². The molecule has 0 saturated heterocycles. The van der Waals surface area contributed by atoms with Gasteiger partial charge >= 0.3 is 0 Å². The molecule has 1 aromatic heterocycles. The summed E-state index contributed by atoms with van der Waals surface area (Å²) in [6, 6.07) is 4.47. The number of hydrogen-bond acceptors (Lipinski definition) is 2. The summed E-state index contributed by atoms with van der Waals surface area (Å²) < 4.78 is 14.7. The Morgan fingerprint density at radius 2 is 2.12 bits per heavy atom. The van der Waals surface area contributed by atoms with E-state index >= 15 is 0 Å². The first-order chi connectivity index (χ1) is 7.61. The lowest BCUT2D eigenvalue weighted by atomic mass is 10.2. The lowest BCUT2D eigenvalue weighted by molar-refractivity contribution is 0.625. The molecule has 2 aromatic rings.